The summed E-state index contributed by atoms with van der Waals surface area (Å²) in [6.45, 7) is 1.82. The number of carbonyl (C=O) groups is 2. The van der Waals surface area contributed by atoms with E-state index in [1.807, 2.05) is 12.1 Å². The molecule has 1 unspecified atom stereocenters. The smallest absolute Gasteiger partial charge is 0.328 e. The predicted molar refractivity (Wildman–Crippen MR) is 73.9 cm³/mol. The minimum atomic E-state index is -0.648. The molecular formula is C13H16BrNO4. The molecule has 6 heteroatoms. The minimum Gasteiger partial charge on any atom is -0.493 e. The molecule has 1 aromatic carbocycles. The van der Waals surface area contributed by atoms with Crippen molar-refractivity contribution in [1.29, 1.82) is 0 Å². The highest BCUT2D eigenvalue weighted by Crippen LogP contribution is 2.16. The summed E-state index contributed by atoms with van der Waals surface area (Å²) in [5, 5.41) is 2.52. The Morgan fingerprint density at radius 1 is 1.32 bits per heavy atom. The van der Waals surface area contributed by atoms with Gasteiger partial charge in [0.15, 0.2) is 0 Å². The van der Waals surface area contributed by atoms with E-state index in [4.69, 9.17) is 4.74 Å². The molecule has 0 aliphatic rings. The van der Waals surface area contributed by atoms with Gasteiger partial charge in [0.05, 0.1) is 20.1 Å². The van der Waals surface area contributed by atoms with Crippen molar-refractivity contribution in [1.82, 2.24) is 5.32 Å². The number of halogens is 1. The van der Waals surface area contributed by atoms with Gasteiger partial charge in [0.2, 0.25) is 5.91 Å². The van der Waals surface area contributed by atoms with Crippen molar-refractivity contribution in [2.45, 2.75) is 19.4 Å². The largest absolute Gasteiger partial charge is 0.493 e. The van der Waals surface area contributed by atoms with E-state index in [1.165, 1.54) is 7.11 Å². The van der Waals surface area contributed by atoms with E-state index in [9.17, 15) is 9.59 Å². The van der Waals surface area contributed by atoms with Gasteiger partial charge in [-0.3, -0.25) is 4.79 Å². The van der Waals surface area contributed by atoms with Crippen LogP contribution in [-0.4, -0.2) is 31.6 Å². The highest BCUT2D eigenvalue weighted by molar-refractivity contribution is 9.10. The lowest BCUT2D eigenvalue weighted by Crippen LogP contribution is -2.39. The van der Waals surface area contributed by atoms with E-state index in [0.717, 1.165) is 4.47 Å². The maximum Gasteiger partial charge on any atom is 0.328 e. The van der Waals surface area contributed by atoms with Crippen LogP contribution in [0, 0.1) is 0 Å². The molecule has 5 nitrogen and oxygen atoms in total. The van der Waals surface area contributed by atoms with E-state index in [2.05, 4.69) is 26.0 Å². The Hall–Kier alpha value is -1.56. The predicted octanol–water partition coefficient (Wildman–Crippen LogP) is 1.90. The van der Waals surface area contributed by atoms with Crippen LogP contribution in [0.5, 0.6) is 5.75 Å². The SMILES string of the molecule is COC(=O)C(C)NC(=O)CCOc1ccc(Br)cc1. The fourth-order valence-corrected chi connectivity index (χ4v) is 1.61. The van der Waals surface area contributed by atoms with Gasteiger partial charge in [-0.1, -0.05) is 15.9 Å². The first-order valence-corrected chi connectivity index (χ1v) is 6.58. The Kier molecular flexibility index (Phi) is 6.35. The van der Waals surface area contributed by atoms with Crippen LogP contribution in [0.1, 0.15) is 13.3 Å². The summed E-state index contributed by atoms with van der Waals surface area (Å²) < 4.78 is 10.9. The van der Waals surface area contributed by atoms with Gasteiger partial charge in [-0.15, -0.1) is 0 Å². The van der Waals surface area contributed by atoms with Crippen LogP contribution in [0.3, 0.4) is 0 Å². The fraction of sp³-hybridized carbons (Fsp3) is 0.385. The number of rotatable bonds is 6. The molecule has 0 aliphatic heterocycles. The van der Waals surface area contributed by atoms with Gasteiger partial charge in [0.25, 0.3) is 0 Å². The highest BCUT2D eigenvalue weighted by Gasteiger charge is 2.15. The number of carbonyl (C=O) groups excluding carboxylic acids is 2. The molecule has 0 aliphatic carbocycles. The number of ether oxygens (including phenoxy) is 2. The summed E-state index contributed by atoms with van der Waals surface area (Å²) in [5.74, 6) is -0.0331. The third-order valence-electron chi connectivity index (χ3n) is 2.34. The molecule has 0 bridgehead atoms. The molecule has 104 valence electrons. The molecule has 0 saturated heterocycles. The van der Waals surface area contributed by atoms with Gasteiger partial charge in [-0.25, -0.2) is 4.79 Å². The Labute approximate surface area is 120 Å². The quantitative estimate of drug-likeness (QED) is 0.809. The molecule has 0 spiro atoms. The van der Waals surface area contributed by atoms with Gasteiger partial charge >= 0.3 is 5.97 Å². The number of nitrogens with one attached hydrogen (secondary N) is 1. The zero-order chi connectivity index (χ0) is 14.3. The second-order valence-electron chi connectivity index (χ2n) is 3.86. The van der Waals surface area contributed by atoms with E-state index >= 15 is 0 Å². The zero-order valence-electron chi connectivity index (χ0n) is 10.8. The van der Waals surface area contributed by atoms with Gasteiger partial charge in [-0.2, -0.15) is 0 Å². The van der Waals surface area contributed by atoms with Crippen molar-refractivity contribution in [3.63, 3.8) is 0 Å². The molecule has 1 amide bonds. The van der Waals surface area contributed by atoms with E-state index in [1.54, 1.807) is 19.1 Å². The normalized spacial score (nSPS) is 11.5. The number of benzene rings is 1. The van der Waals surface area contributed by atoms with Crippen molar-refractivity contribution in [2.75, 3.05) is 13.7 Å². The molecule has 1 rings (SSSR count). The number of methoxy groups -OCH3 is 1. The number of hydrogen-bond acceptors (Lipinski definition) is 4. The monoisotopic (exact) mass is 329 g/mol. The molecule has 0 radical (unpaired) electrons. The van der Waals surface area contributed by atoms with Crippen LogP contribution in [0.25, 0.3) is 0 Å². The second-order valence-corrected chi connectivity index (χ2v) is 4.78. The van der Waals surface area contributed by atoms with Crippen molar-refractivity contribution in [2.24, 2.45) is 0 Å². The maximum atomic E-state index is 11.5. The zero-order valence-corrected chi connectivity index (χ0v) is 12.4. The molecule has 0 saturated carbocycles. The third-order valence-corrected chi connectivity index (χ3v) is 2.87. The van der Waals surface area contributed by atoms with Crippen molar-refractivity contribution in [3.8, 4) is 5.75 Å². The first kappa shape index (κ1) is 15.5. The number of amides is 1. The van der Waals surface area contributed by atoms with Crippen LogP contribution in [-0.2, 0) is 14.3 Å². The molecule has 1 atom stereocenters. The molecule has 1 N–H and O–H groups in total. The van der Waals surface area contributed by atoms with Crippen LogP contribution in [0.4, 0.5) is 0 Å². The van der Waals surface area contributed by atoms with E-state index in [-0.39, 0.29) is 18.9 Å². The van der Waals surface area contributed by atoms with Crippen LogP contribution >= 0.6 is 15.9 Å². The van der Waals surface area contributed by atoms with Gasteiger partial charge < -0.3 is 14.8 Å². The Bertz CT molecular complexity index is 433. The van der Waals surface area contributed by atoms with Crippen LogP contribution < -0.4 is 10.1 Å². The molecule has 19 heavy (non-hydrogen) atoms. The van der Waals surface area contributed by atoms with Crippen LogP contribution in [0.2, 0.25) is 0 Å². The summed E-state index contributed by atoms with van der Waals surface area (Å²) >= 11 is 3.32. The van der Waals surface area contributed by atoms with Crippen molar-refractivity contribution in [3.05, 3.63) is 28.7 Å². The summed E-state index contributed by atoms with van der Waals surface area (Å²) in [7, 11) is 1.28. The van der Waals surface area contributed by atoms with Crippen molar-refractivity contribution < 1.29 is 19.1 Å². The molecule has 1 aromatic rings. The standard InChI is InChI=1S/C13H16BrNO4/c1-9(13(17)18-2)15-12(16)7-8-19-11-5-3-10(14)4-6-11/h3-6,9H,7-8H2,1-2H3,(H,15,16). The van der Waals surface area contributed by atoms with E-state index in [0.29, 0.717) is 5.75 Å². The summed E-state index contributed by atoms with van der Waals surface area (Å²) in [4.78, 5) is 22.6. The van der Waals surface area contributed by atoms with Gasteiger partial charge in [0.1, 0.15) is 11.8 Å². The topological polar surface area (TPSA) is 64.6 Å². The molecular weight excluding hydrogens is 314 g/mol. The Morgan fingerprint density at radius 2 is 1.95 bits per heavy atom. The first-order valence-electron chi connectivity index (χ1n) is 5.78. The van der Waals surface area contributed by atoms with Gasteiger partial charge in [0, 0.05) is 4.47 Å². The summed E-state index contributed by atoms with van der Waals surface area (Å²) in [6.07, 6.45) is 0.178. The van der Waals surface area contributed by atoms with Crippen LogP contribution in [0.15, 0.2) is 28.7 Å². The number of esters is 1. The average Bonchev–Trinajstić information content (AvgIpc) is 2.40. The summed E-state index contributed by atoms with van der Waals surface area (Å²) in [6, 6.07) is 6.67. The highest BCUT2D eigenvalue weighted by atomic mass is 79.9. The van der Waals surface area contributed by atoms with Crippen molar-refractivity contribution >= 4 is 27.8 Å². The molecule has 0 heterocycles. The molecule has 0 aromatic heterocycles. The lowest BCUT2D eigenvalue weighted by atomic mass is 10.3. The molecule has 0 fully saturated rings. The Balaban J connectivity index is 2.27. The van der Waals surface area contributed by atoms with Gasteiger partial charge in [-0.05, 0) is 31.2 Å². The third kappa shape index (κ3) is 5.74. The number of hydrogen-bond donors (Lipinski definition) is 1. The minimum absolute atomic E-state index is 0.178. The second kappa shape index (κ2) is 7.78. The lowest BCUT2D eigenvalue weighted by Gasteiger charge is -2.11. The maximum absolute atomic E-state index is 11.5. The first-order chi connectivity index (χ1) is 9.02. The lowest BCUT2D eigenvalue weighted by molar-refractivity contribution is -0.144. The average molecular weight is 330 g/mol. The Morgan fingerprint density at radius 3 is 2.53 bits per heavy atom. The summed E-state index contributed by atoms with van der Waals surface area (Å²) in [5.41, 5.74) is 0. The fourth-order valence-electron chi connectivity index (χ4n) is 1.34. The van der Waals surface area contributed by atoms with E-state index < -0.39 is 12.0 Å².